The Labute approximate surface area is 173 Å². The molecule has 0 fully saturated rings. The summed E-state index contributed by atoms with van der Waals surface area (Å²) in [7, 11) is 0. The number of hydrogen-bond donors (Lipinski definition) is 3. The number of carbonyl (C=O) groups is 2. The molecule has 1 aliphatic carbocycles. The smallest absolute Gasteiger partial charge is 0.261 e. The Morgan fingerprint density at radius 1 is 1.34 bits per heavy atom. The molecule has 0 aliphatic heterocycles. The van der Waals surface area contributed by atoms with Crippen molar-refractivity contribution in [2.24, 2.45) is 5.73 Å². The van der Waals surface area contributed by atoms with Crippen molar-refractivity contribution in [1.29, 1.82) is 0 Å². The summed E-state index contributed by atoms with van der Waals surface area (Å²) in [6, 6.07) is 6.70. The quantitative estimate of drug-likeness (QED) is 0.601. The van der Waals surface area contributed by atoms with Crippen molar-refractivity contribution in [3.05, 3.63) is 62.0 Å². The van der Waals surface area contributed by atoms with Crippen LogP contribution < -0.4 is 21.3 Å². The van der Waals surface area contributed by atoms with Gasteiger partial charge in [-0.2, -0.15) is 0 Å². The first kappa shape index (κ1) is 20.9. The first-order valence-corrected chi connectivity index (χ1v) is 9.97. The minimum Gasteiger partial charge on any atom is -0.494 e. The number of hydrogen-bond acceptors (Lipinski definition) is 4. The number of aromatic amines is 1. The monoisotopic (exact) mass is 417 g/mol. The summed E-state index contributed by atoms with van der Waals surface area (Å²) >= 11 is 5.99. The van der Waals surface area contributed by atoms with Crippen LogP contribution in [0.4, 0.5) is 0 Å². The lowest BCUT2D eigenvalue weighted by molar-refractivity contribution is -0.122. The molecule has 29 heavy (non-hydrogen) atoms. The molecule has 0 spiro atoms. The van der Waals surface area contributed by atoms with E-state index in [4.69, 9.17) is 22.1 Å². The molecular weight excluding hydrogens is 394 g/mol. The van der Waals surface area contributed by atoms with E-state index in [2.05, 4.69) is 10.3 Å². The summed E-state index contributed by atoms with van der Waals surface area (Å²) in [6.45, 7) is 2.32. The van der Waals surface area contributed by atoms with Gasteiger partial charge in [0.1, 0.15) is 11.3 Å². The molecular formula is C21H24ClN3O4. The van der Waals surface area contributed by atoms with Gasteiger partial charge in [-0.25, -0.2) is 0 Å². The van der Waals surface area contributed by atoms with Gasteiger partial charge in [0.25, 0.3) is 11.5 Å². The van der Waals surface area contributed by atoms with Gasteiger partial charge in [0.05, 0.1) is 12.6 Å². The highest BCUT2D eigenvalue weighted by Gasteiger charge is 2.24. The maximum Gasteiger partial charge on any atom is 0.261 e. The lowest BCUT2D eigenvalue weighted by atomic mass is 9.90. The lowest BCUT2D eigenvalue weighted by Gasteiger charge is -2.26. The van der Waals surface area contributed by atoms with Gasteiger partial charge in [0, 0.05) is 17.1 Å². The van der Waals surface area contributed by atoms with E-state index in [-0.39, 0.29) is 17.5 Å². The third-order valence-electron chi connectivity index (χ3n) is 5.00. The van der Waals surface area contributed by atoms with Crippen molar-refractivity contribution in [3.8, 4) is 5.75 Å². The van der Waals surface area contributed by atoms with Crippen LogP contribution in [0.2, 0.25) is 5.02 Å². The van der Waals surface area contributed by atoms with Crippen LogP contribution in [0, 0.1) is 6.92 Å². The van der Waals surface area contributed by atoms with E-state index >= 15 is 0 Å². The molecule has 7 nitrogen and oxygen atoms in total. The van der Waals surface area contributed by atoms with Crippen LogP contribution in [0.15, 0.2) is 29.1 Å². The van der Waals surface area contributed by atoms with Crippen LogP contribution in [0.25, 0.3) is 0 Å². The second-order valence-electron chi connectivity index (χ2n) is 7.19. The normalized spacial score (nSPS) is 15.4. The average molecular weight is 418 g/mol. The van der Waals surface area contributed by atoms with Crippen molar-refractivity contribution in [2.75, 3.05) is 6.61 Å². The Hall–Kier alpha value is -2.80. The summed E-state index contributed by atoms with van der Waals surface area (Å²) < 4.78 is 5.66. The molecule has 0 bridgehead atoms. The highest BCUT2D eigenvalue weighted by atomic mass is 35.5. The summed E-state index contributed by atoms with van der Waals surface area (Å²) in [5.74, 6) is -0.165. The molecule has 1 aromatic heterocycles. The van der Waals surface area contributed by atoms with Crippen LogP contribution in [0.5, 0.6) is 5.75 Å². The highest BCUT2D eigenvalue weighted by Crippen LogP contribution is 2.28. The molecule has 2 aromatic rings. The fraction of sp³-hybridized carbons (Fsp3) is 0.381. The van der Waals surface area contributed by atoms with E-state index in [0.717, 1.165) is 35.4 Å². The van der Waals surface area contributed by atoms with Gasteiger partial charge in [-0.3, -0.25) is 14.4 Å². The topological polar surface area (TPSA) is 114 Å². The Morgan fingerprint density at radius 2 is 2.14 bits per heavy atom. The number of aryl methyl sites for hydroxylation is 2. The number of primary amides is 1. The van der Waals surface area contributed by atoms with Gasteiger partial charge < -0.3 is 20.8 Å². The minimum absolute atomic E-state index is 0.0865. The number of amides is 2. The van der Waals surface area contributed by atoms with E-state index in [1.807, 2.05) is 13.0 Å². The van der Waals surface area contributed by atoms with Crippen LogP contribution in [-0.2, 0) is 11.2 Å². The molecule has 0 saturated heterocycles. The Kier molecular flexibility index (Phi) is 6.59. The van der Waals surface area contributed by atoms with Gasteiger partial charge in [0.2, 0.25) is 5.91 Å². The zero-order valence-electron chi connectivity index (χ0n) is 16.2. The number of benzene rings is 1. The highest BCUT2D eigenvalue weighted by molar-refractivity contribution is 6.31. The number of ether oxygens (including phenoxy) is 1. The number of nitrogens with one attached hydrogen (secondary N) is 2. The molecule has 1 unspecified atom stereocenters. The van der Waals surface area contributed by atoms with Crippen molar-refractivity contribution in [2.45, 2.75) is 45.1 Å². The second-order valence-corrected chi connectivity index (χ2v) is 7.59. The maximum absolute atomic E-state index is 12.4. The molecule has 0 saturated carbocycles. The summed E-state index contributed by atoms with van der Waals surface area (Å²) in [6.07, 6.45) is 3.15. The number of pyridine rings is 1. The first-order chi connectivity index (χ1) is 13.8. The molecule has 4 N–H and O–H groups in total. The van der Waals surface area contributed by atoms with Crippen molar-refractivity contribution >= 4 is 23.4 Å². The Balaban J connectivity index is 1.55. The van der Waals surface area contributed by atoms with Crippen molar-refractivity contribution < 1.29 is 14.3 Å². The Bertz CT molecular complexity index is 986. The van der Waals surface area contributed by atoms with Gasteiger partial charge >= 0.3 is 0 Å². The summed E-state index contributed by atoms with van der Waals surface area (Å²) in [4.78, 5) is 38.5. The Morgan fingerprint density at radius 3 is 2.86 bits per heavy atom. The van der Waals surface area contributed by atoms with Crippen LogP contribution >= 0.6 is 11.6 Å². The molecule has 1 heterocycles. The van der Waals surface area contributed by atoms with Gasteiger partial charge in [-0.05, 0) is 68.0 Å². The van der Waals surface area contributed by atoms with E-state index in [1.54, 1.807) is 12.1 Å². The molecule has 2 amide bonds. The minimum atomic E-state index is -0.778. The van der Waals surface area contributed by atoms with Crippen LogP contribution in [0.1, 0.15) is 58.9 Å². The van der Waals surface area contributed by atoms with Crippen LogP contribution in [0.3, 0.4) is 0 Å². The number of aromatic nitrogens is 1. The molecule has 1 aromatic carbocycles. The number of fused-ring (bicyclic) bond motifs is 1. The predicted octanol–water partition coefficient (Wildman–Crippen LogP) is 2.79. The van der Waals surface area contributed by atoms with Gasteiger partial charge in [-0.1, -0.05) is 11.6 Å². The fourth-order valence-corrected chi connectivity index (χ4v) is 3.59. The third-order valence-corrected chi connectivity index (χ3v) is 5.42. The number of rotatable bonds is 7. The number of H-pyrrole nitrogens is 1. The molecule has 0 radical (unpaired) electrons. The number of carbonyl (C=O) groups excluding carboxylic acids is 2. The van der Waals surface area contributed by atoms with E-state index in [1.165, 1.54) is 6.07 Å². The molecule has 3 rings (SSSR count). The largest absolute Gasteiger partial charge is 0.494 e. The number of nitrogens with two attached hydrogens (primary N) is 1. The van der Waals surface area contributed by atoms with E-state index < -0.39 is 11.5 Å². The van der Waals surface area contributed by atoms with Gasteiger partial charge in [-0.15, -0.1) is 0 Å². The SMILES string of the molecule is Cc1cc(OCCCC(=O)NC2CCCc3[nH]c(=O)c(C(N)=O)cc32)ccc1Cl. The molecule has 1 aliphatic rings. The molecule has 8 heteroatoms. The van der Waals surface area contributed by atoms with Gasteiger partial charge in [0.15, 0.2) is 0 Å². The maximum atomic E-state index is 12.4. The van der Waals surface area contributed by atoms with E-state index in [0.29, 0.717) is 30.9 Å². The lowest BCUT2D eigenvalue weighted by Crippen LogP contribution is -2.34. The average Bonchev–Trinajstić information content (AvgIpc) is 2.67. The zero-order valence-corrected chi connectivity index (χ0v) is 17.0. The van der Waals surface area contributed by atoms with Crippen molar-refractivity contribution in [3.63, 3.8) is 0 Å². The standard InChI is InChI=1S/C21H24ClN3O4/c1-12-10-13(7-8-16(12)22)29-9-3-6-19(26)24-17-4-2-5-18-14(17)11-15(20(23)27)21(28)25-18/h7-8,10-11,17H,2-6,9H2,1H3,(H2,23,27)(H,24,26)(H,25,28). The number of halogens is 1. The predicted molar refractivity (Wildman–Crippen MR) is 110 cm³/mol. The van der Waals surface area contributed by atoms with E-state index in [9.17, 15) is 14.4 Å². The first-order valence-electron chi connectivity index (χ1n) is 9.59. The fourth-order valence-electron chi connectivity index (χ4n) is 3.47. The molecule has 1 atom stereocenters. The third kappa shape index (κ3) is 5.17. The molecule has 154 valence electrons. The van der Waals surface area contributed by atoms with Crippen LogP contribution in [-0.4, -0.2) is 23.4 Å². The van der Waals surface area contributed by atoms with Crippen molar-refractivity contribution in [1.82, 2.24) is 10.3 Å². The second kappa shape index (κ2) is 9.13. The zero-order chi connectivity index (χ0) is 21.0. The summed E-state index contributed by atoms with van der Waals surface area (Å²) in [5, 5.41) is 3.68. The summed E-state index contributed by atoms with van der Waals surface area (Å²) in [5.41, 5.74) is 7.14.